The third kappa shape index (κ3) is 3.85. The number of aromatic nitrogens is 4. The van der Waals surface area contributed by atoms with Gasteiger partial charge in [-0.3, -0.25) is 0 Å². The highest BCUT2D eigenvalue weighted by molar-refractivity contribution is 5.62. The lowest BCUT2D eigenvalue weighted by molar-refractivity contribution is 0.413. The minimum absolute atomic E-state index is 0.352. The molecule has 2 heterocycles. The van der Waals surface area contributed by atoms with Gasteiger partial charge in [-0.2, -0.15) is 0 Å². The molecule has 0 unspecified atom stereocenters. The first-order valence-electron chi connectivity index (χ1n) is 8.84. The number of hydrogen-bond donors (Lipinski definition) is 1. The van der Waals surface area contributed by atoms with E-state index in [0.29, 0.717) is 11.9 Å². The molecule has 0 atom stereocenters. The van der Waals surface area contributed by atoms with Crippen LogP contribution in [0.1, 0.15) is 43.8 Å². The second-order valence-corrected chi connectivity index (χ2v) is 6.55. The van der Waals surface area contributed by atoms with E-state index in [1.807, 2.05) is 35.9 Å². The highest BCUT2D eigenvalue weighted by Gasteiger charge is 2.10. The highest BCUT2D eigenvalue weighted by atomic mass is 16.5. The summed E-state index contributed by atoms with van der Waals surface area (Å²) in [5.41, 5.74) is 4.84. The topological polar surface area (TPSA) is 64.9 Å². The average molecular weight is 351 g/mol. The maximum Gasteiger partial charge on any atom is 0.227 e. The van der Waals surface area contributed by atoms with Crippen molar-refractivity contribution in [3.63, 3.8) is 0 Å². The Labute approximate surface area is 154 Å². The number of ether oxygens (including phenoxy) is 1. The summed E-state index contributed by atoms with van der Waals surface area (Å²) >= 11 is 0. The van der Waals surface area contributed by atoms with Gasteiger partial charge in [-0.1, -0.05) is 20.8 Å². The first-order valence-corrected chi connectivity index (χ1v) is 8.84. The smallest absolute Gasteiger partial charge is 0.227 e. The average Bonchev–Trinajstić information content (AvgIpc) is 3.07. The minimum Gasteiger partial charge on any atom is -0.494 e. The molecule has 0 bridgehead atoms. The zero-order valence-electron chi connectivity index (χ0n) is 15.9. The summed E-state index contributed by atoms with van der Waals surface area (Å²) in [4.78, 5) is 13.5. The van der Waals surface area contributed by atoms with Crippen LogP contribution in [-0.2, 0) is 6.42 Å². The molecule has 0 spiro atoms. The number of benzene rings is 1. The standard InChI is InChI=1S/C20H25N5O/c1-6-15-9-17(13(2)3)24-20(22-15)23-16-7-8-18(19(10-16)26-5)25-11-14(4)21-12-25/h7-13H,6H2,1-5H3,(H,22,23,24). The van der Waals surface area contributed by atoms with E-state index >= 15 is 0 Å². The molecule has 0 amide bonds. The van der Waals surface area contributed by atoms with Crippen LogP contribution in [0.3, 0.4) is 0 Å². The van der Waals surface area contributed by atoms with Crippen LogP contribution in [-0.4, -0.2) is 26.6 Å². The fraction of sp³-hybridized carbons (Fsp3) is 0.350. The molecular weight excluding hydrogens is 326 g/mol. The van der Waals surface area contributed by atoms with Crippen LogP contribution in [0, 0.1) is 6.92 Å². The zero-order chi connectivity index (χ0) is 18.7. The molecule has 0 aliphatic heterocycles. The summed E-state index contributed by atoms with van der Waals surface area (Å²) in [6.07, 6.45) is 4.62. The van der Waals surface area contributed by atoms with Crippen LogP contribution in [0.4, 0.5) is 11.6 Å². The predicted octanol–water partition coefficient (Wildman–Crippen LogP) is 4.41. The molecule has 1 N–H and O–H groups in total. The van der Waals surface area contributed by atoms with Crippen molar-refractivity contribution in [2.45, 2.75) is 40.0 Å². The summed E-state index contributed by atoms with van der Waals surface area (Å²) in [5, 5.41) is 3.31. The van der Waals surface area contributed by atoms with Crippen molar-refractivity contribution in [2.24, 2.45) is 0 Å². The third-order valence-electron chi connectivity index (χ3n) is 4.18. The van der Waals surface area contributed by atoms with Gasteiger partial charge in [0.25, 0.3) is 0 Å². The van der Waals surface area contributed by atoms with E-state index in [1.165, 1.54) is 0 Å². The Morgan fingerprint density at radius 3 is 2.62 bits per heavy atom. The van der Waals surface area contributed by atoms with E-state index in [-0.39, 0.29) is 0 Å². The maximum atomic E-state index is 5.56. The van der Waals surface area contributed by atoms with Crippen molar-refractivity contribution in [1.29, 1.82) is 0 Å². The van der Waals surface area contributed by atoms with Gasteiger partial charge < -0.3 is 14.6 Å². The molecule has 0 aliphatic rings. The molecule has 0 aliphatic carbocycles. The van der Waals surface area contributed by atoms with E-state index in [9.17, 15) is 0 Å². The maximum absolute atomic E-state index is 5.56. The Hall–Kier alpha value is -2.89. The summed E-state index contributed by atoms with van der Waals surface area (Å²) in [6, 6.07) is 8.00. The van der Waals surface area contributed by atoms with E-state index in [0.717, 1.165) is 40.6 Å². The van der Waals surface area contributed by atoms with Crippen LogP contribution in [0.5, 0.6) is 5.75 Å². The Kier molecular flexibility index (Phi) is 5.21. The Bertz CT molecular complexity index is 901. The monoisotopic (exact) mass is 351 g/mol. The molecule has 0 saturated heterocycles. The second-order valence-electron chi connectivity index (χ2n) is 6.55. The number of methoxy groups -OCH3 is 1. The molecule has 3 aromatic rings. The first kappa shape index (κ1) is 17.9. The van der Waals surface area contributed by atoms with Gasteiger partial charge in [-0.05, 0) is 37.5 Å². The first-order chi connectivity index (χ1) is 12.5. The fourth-order valence-corrected chi connectivity index (χ4v) is 2.70. The number of nitrogens with one attached hydrogen (secondary N) is 1. The van der Waals surface area contributed by atoms with Crippen LogP contribution >= 0.6 is 0 Å². The summed E-state index contributed by atoms with van der Waals surface area (Å²) in [7, 11) is 1.66. The van der Waals surface area contributed by atoms with E-state index < -0.39 is 0 Å². The molecule has 6 nitrogen and oxygen atoms in total. The van der Waals surface area contributed by atoms with E-state index in [4.69, 9.17) is 4.74 Å². The van der Waals surface area contributed by atoms with Gasteiger partial charge >= 0.3 is 0 Å². The molecule has 3 rings (SSSR count). The minimum atomic E-state index is 0.352. The number of aryl methyl sites for hydroxylation is 2. The lowest BCUT2D eigenvalue weighted by atomic mass is 10.1. The molecule has 26 heavy (non-hydrogen) atoms. The van der Waals surface area contributed by atoms with E-state index in [2.05, 4.69) is 47.1 Å². The van der Waals surface area contributed by atoms with Gasteiger partial charge in [-0.15, -0.1) is 0 Å². The third-order valence-corrected chi connectivity index (χ3v) is 4.18. The highest BCUT2D eigenvalue weighted by Crippen LogP contribution is 2.28. The number of imidazole rings is 1. The molecule has 136 valence electrons. The van der Waals surface area contributed by atoms with Gasteiger partial charge in [0.1, 0.15) is 5.75 Å². The van der Waals surface area contributed by atoms with Gasteiger partial charge in [0, 0.05) is 29.3 Å². The SMILES string of the molecule is CCc1cc(C(C)C)nc(Nc2ccc(-n3cnc(C)c3)c(OC)c2)n1. The predicted molar refractivity (Wildman–Crippen MR) is 104 cm³/mol. The van der Waals surface area contributed by atoms with Gasteiger partial charge in [0.15, 0.2) is 0 Å². The quantitative estimate of drug-likeness (QED) is 0.713. The molecule has 0 fully saturated rings. The molecule has 6 heteroatoms. The number of nitrogens with zero attached hydrogens (tertiary/aromatic N) is 4. The zero-order valence-corrected chi connectivity index (χ0v) is 15.9. The molecule has 2 aromatic heterocycles. The number of hydrogen-bond acceptors (Lipinski definition) is 5. The second kappa shape index (κ2) is 7.56. The van der Waals surface area contributed by atoms with Crippen molar-refractivity contribution in [3.05, 3.63) is 53.9 Å². The van der Waals surface area contributed by atoms with Gasteiger partial charge in [0.2, 0.25) is 5.95 Å². The number of rotatable bonds is 6. The summed E-state index contributed by atoms with van der Waals surface area (Å²) < 4.78 is 7.51. The lowest BCUT2D eigenvalue weighted by Crippen LogP contribution is -2.05. The van der Waals surface area contributed by atoms with Crippen LogP contribution in [0.2, 0.25) is 0 Å². The Morgan fingerprint density at radius 1 is 1.19 bits per heavy atom. The van der Waals surface area contributed by atoms with Gasteiger partial charge in [-0.25, -0.2) is 15.0 Å². The van der Waals surface area contributed by atoms with Crippen LogP contribution in [0.15, 0.2) is 36.8 Å². The molecule has 1 aromatic carbocycles. The molecule has 0 radical (unpaired) electrons. The van der Waals surface area contributed by atoms with Crippen LogP contribution < -0.4 is 10.1 Å². The Morgan fingerprint density at radius 2 is 2.00 bits per heavy atom. The lowest BCUT2D eigenvalue weighted by Gasteiger charge is -2.14. The normalized spacial score (nSPS) is 11.0. The Balaban J connectivity index is 1.92. The van der Waals surface area contributed by atoms with Crippen molar-refractivity contribution >= 4 is 11.6 Å². The van der Waals surface area contributed by atoms with Crippen molar-refractivity contribution in [1.82, 2.24) is 19.5 Å². The molecular formula is C20H25N5O. The van der Waals surface area contributed by atoms with Gasteiger partial charge in [0.05, 0.1) is 24.8 Å². The van der Waals surface area contributed by atoms with Crippen molar-refractivity contribution in [3.8, 4) is 11.4 Å². The van der Waals surface area contributed by atoms with Crippen molar-refractivity contribution < 1.29 is 4.74 Å². The summed E-state index contributed by atoms with van der Waals surface area (Å²) in [6.45, 7) is 8.33. The largest absolute Gasteiger partial charge is 0.494 e. The van der Waals surface area contributed by atoms with E-state index in [1.54, 1.807) is 13.4 Å². The van der Waals surface area contributed by atoms with Crippen molar-refractivity contribution in [2.75, 3.05) is 12.4 Å². The fourth-order valence-electron chi connectivity index (χ4n) is 2.70. The number of anilines is 2. The molecule has 0 saturated carbocycles. The van der Waals surface area contributed by atoms with Crippen LogP contribution in [0.25, 0.3) is 5.69 Å². The summed E-state index contributed by atoms with van der Waals surface area (Å²) in [5.74, 6) is 1.72.